The van der Waals surface area contributed by atoms with E-state index in [-0.39, 0.29) is 17.9 Å². The van der Waals surface area contributed by atoms with E-state index in [0.717, 1.165) is 4.47 Å². The average Bonchev–Trinajstić information content (AvgIpc) is 2.43. The molecule has 0 unspecified atom stereocenters. The van der Waals surface area contributed by atoms with Crippen molar-refractivity contribution in [3.8, 4) is 11.1 Å². The normalized spacial score (nSPS) is 10.3. The molecule has 0 amide bonds. The van der Waals surface area contributed by atoms with Gasteiger partial charge >= 0.3 is 5.97 Å². The molecule has 3 N–H and O–H groups in total. The predicted molar refractivity (Wildman–Crippen MR) is 80.6 cm³/mol. The van der Waals surface area contributed by atoms with Crippen LogP contribution in [0.5, 0.6) is 0 Å². The fourth-order valence-electron chi connectivity index (χ4n) is 1.87. The van der Waals surface area contributed by atoms with Gasteiger partial charge in [-0.05, 0) is 18.6 Å². The van der Waals surface area contributed by atoms with Crippen molar-refractivity contribution in [1.29, 1.82) is 0 Å². The first-order valence-electron chi connectivity index (χ1n) is 5.99. The zero-order valence-corrected chi connectivity index (χ0v) is 12.4. The molecule has 6 heteroatoms. The number of aromatic nitrogens is 1. The summed E-state index contributed by atoms with van der Waals surface area (Å²) >= 11 is 3.39. The van der Waals surface area contributed by atoms with Crippen molar-refractivity contribution in [2.24, 2.45) is 0 Å². The van der Waals surface area contributed by atoms with Crippen LogP contribution < -0.4 is 11.3 Å². The number of aromatic amines is 1. The lowest BCUT2D eigenvalue weighted by molar-refractivity contribution is 0.0527. The zero-order valence-electron chi connectivity index (χ0n) is 10.8. The van der Waals surface area contributed by atoms with Gasteiger partial charge in [0.2, 0.25) is 0 Å². The largest absolute Gasteiger partial charge is 0.462 e. The molecule has 0 fully saturated rings. The number of nitrogens with two attached hydrogens (primary N) is 1. The van der Waals surface area contributed by atoms with Gasteiger partial charge < -0.3 is 15.5 Å². The fourth-order valence-corrected chi connectivity index (χ4v) is 2.35. The quantitative estimate of drug-likeness (QED) is 0.843. The Hall–Kier alpha value is -2.08. The number of carbonyl (C=O) groups is 1. The third kappa shape index (κ3) is 2.60. The van der Waals surface area contributed by atoms with Crippen LogP contribution in [0.1, 0.15) is 17.3 Å². The molecule has 1 heterocycles. The molecule has 0 aliphatic heterocycles. The van der Waals surface area contributed by atoms with Crippen molar-refractivity contribution in [2.45, 2.75) is 6.92 Å². The van der Waals surface area contributed by atoms with Crippen molar-refractivity contribution in [1.82, 2.24) is 4.98 Å². The van der Waals surface area contributed by atoms with E-state index < -0.39 is 11.5 Å². The molecule has 2 rings (SSSR count). The highest BCUT2D eigenvalue weighted by atomic mass is 79.9. The van der Waals surface area contributed by atoms with E-state index in [4.69, 9.17) is 10.5 Å². The van der Waals surface area contributed by atoms with E-state index in [1.54, 1.807) is 19.1 Å². The Labute approximate surface area is 123 Å². The monoisotopic (exact) mass is 336 g/mol. The summed E-state index contributed by atoms with van der Waals surface area (Å²) in [5, 5.41) is 0. The van der Waals surface area contributed by atoms with Crippen LogP contribution in [-0.4, -0.2) is 17.6 Å². The smallest absolute Gasteiger partial charge is 0.340 e. The van der Waals surface area contributed by atoms with E-state index >= 15 is 0 Å². The zero-order chi connectivity index (χ0) is 14.7. The average molecular weight is 337 g/mol. The highest BCUT2D eigenvalue weighted by Gasteiger charge is 2.20. The first kappa shape index (κ1) is 14.3. The molecule has 5 nitrogen and oxygen atoms in total. The molecular formula is C14H13BrN2O3. The summed E-state index contributed by atoms with van der Waals surface area (Å²) in [5.41, 5.74) is 6.67. The van der Waals surface area contributed by atoms with Gasteiger partial charge in [0.25, 0.3) is 5.56 Å². The first-order valence-corrected chi connectivity index (χ1v) is 6.78. The van der Waals surface area contributed by atoms with Crippen LogP contribution in [0.4, 0.5) is 5.69 Å². The van der Waals surface area contributed by atoms with Crippen LogP contribution in [0.25, 0.3) is 11.1 Å². The van der Waals surface area contributed by atoms with Gasteiger partial charge in [-0.15, -0.1) is 0 Å². The van der Waals surface area contributed by atoms with Crippen molar-refractivity contribution >= 4 is 27.6 Å². The maximum Gasteiger partial charge on any atom is 0.340 e. The highest BCUT2D eigenvalue weighted by molar-refractivity contribution is 9.10. The second-order valence-electron chi connectivity index (χ2n) is 4.02. The minimum absolute atomic E-state index is 0.0116. The minimum Gasteiger partial charge on any atom is -0.462 e. The SMILES string of the molecule is CCOC(=O)c1c[nH]c(=O)c(N)c1-c1ccccc1Br. The maximum atomic E-state index is 12.0. The number of hydrogen-bond donors (Lipinski definition) is 2. The fraction of sp³-hybridized carbons (Fsp3) is 0.143. The highest BCUT2D eigenvalue weighted by Crippen LogP contribution is 2.33. The lowest BCUT2D eigenvalue weighted by atomic mass is 10.00. The maximum absolute atomic E-state index is 12.0. The summed E-state index contributed by atoms with van der Waals surface area (Å²) < 4.78 is 5.73. The van der Waals surface area contributed by atoms with Crippen molar-refractivity contribution in [3.63, 3.8) is 0 Å². The Morgan fingerprint density at radius 1 is 1.40 bits per heavy atom. The Bertz CT molecular complexity index is 710. The van der Waals surface area contributed by atoms with E-state index in [1.807, 2.05) is 12.1 Å². The number of hydrogen-bond acceptors (Lipinski definition) is 4. The molecule has 0 spiro atoms. The molecule has 0 radical (unpaired) electrons. The standard InChI is InChI=1S/C14H13BrN2O3/c1-2-20-14(19)9-7-17-13(18)12(16)11(9)8-5-3-4-6-10(8)15/h3-7H,2,16H2,1H3,(H,17,18). The number of anilines is 1. The summed E-state index contributed by atoms with van der Waals surface area (Å²) in [6.45, 7) is 1.96. The molecule has 0 aliphatic rings. The number of pyridine rings is 1. The minimum atomic E-state index is -0.527. The van der Waals surface area contributed by atoms with Gasteiger partial charge in [0.1, 0.15) is 5.69 Å². The van der Waals surface area contributed by atoms with Crippen LogP contribution in [0.2, 0.25) is 0 Å². The summed E-state index contributed by atoms with van der Waals surface area (Å²) in [6.07, 6.45) is 1.32. The lowest BCUT2D eigenvalue weighted by Crippen LogP contribution is -2.17. The van der Waals surface area contributed by atoms with Crippen molar-refractivity contribution in [3.05, 3.63) is 50.9 Å². The number of nitrogen functional groups attached to an aromatic ring is 1. The Balaban J connectivity index is 2.73. The Morgan fingerprint density at radius 3 is 2.75 bits per heavy atom. The van der Waals surface area contributed by atoms with Crippen LogP contribution >= 0.6 is 15.9 Å². The lowest BCUT2D eigenvalue weighted by Gasteiger charge is -2.12. The molecular weight excluding hydrogens is 324 g/mol. The summed E-state index contributed by atoms with van der Waals surface area (Å²) in [5.74, 6) is -0.527. The molecule has 1 aromatic heterocycles. The number of nitrogens with one attached hydrogen (secondary N) is 1. The van der Waals surface area contributed by atoms with Gasteiger partial charge in [-0.25, -0.2) is 4.79 Å². The molecule has 0 saturated heterocycles. The van der Waals surface area contributed by atoms with Crippen LogP contribution in [0, 0.1) is 0 Å². The number of esters is 1. The third-order valence-corrected chi connectivity index (χ3v) is 3.46. The van der Waals surface area contributed by atoms with E-state index in [2.05, 4.69) is 20.9 Å². The number of halogens is 1. The number of rotatable bonds is 3. The third-order valence-electron chi connectivity index (χ3n) is 2.77. The molecule has 104 valence electrons. The Morgan fingerprint density at radius 2 is 2.10 bits per heavy atom. The van der Waals surface area contributed by atoms with E-state index in [1.165, 1.54) is 6.20 Å². The molecule has 1 aromatic carbocycles. The molecule has 0 saturated carbocycles. The summed E-state index contributed by atoms with van der Waals surface area (Å²) in [6, 6.07) is 7.22. The van der Waals surface area contributed by atoms with Gasteiger partial charge in [0, 0.05) is 16.2 Å². The van der Waals surface area contributed by atoms with Crippen molar-refractivity contribution in [2.75, 3.05) is 12.3 Å². The molecule has 2 aromatic rings. The number of benzene rings is 1. The molecule has 0 atom stereocenters. The van der Waals surface area contributed by atoms with Crippen LogP contribution in [0.15, 0.2) is 39.7 Å². The van der Waals surface area contributed by atoms with Gasteiger partial charge in [0.15, 0.2) is 0 Å². The predicted octanol–water partition coefficient (Wildman–Crippen LogP) is 2.56. The van der Waals surface area contributed by atoms with Crippen molar-refractivity contribution < 1.29 is 9.53 Å². The second kappa shape index (κ2) is 5.92. The van der Waals surface area contributed by atoms with Gasteiger partial charge in [-0.3, -0.25) is 4.79 Å². The molecule has 0 aliphatic carbocycles. The summed E-state index contributed by atoms with van der Waals surface area (Å²) in [7, 11) is 0. The van der Waals surface area contributed by atoms with Gasteiger partial charge in [0.05, 0.1) is 12.2 Å². The van der Waals surface area contributed by atoms with Gasteiger partial charge in [-0.2, -0.15) is 0 Å². The van der Waals surface area contributed by atoms with E-state index in [0.29, 0.717) is 11.1 Å². The summed E-state index contributed by atoms with van der Waals surface area (Å²) in [4.78, 5) is 26.1. The van der Waals surface area contributed by atoms with Crippen LogP contribution in [0.3, 0.4) is 0 Å². The Kier molecular flexibility index (Phi) is 4.24. The topological polar surface area (TPSA) is 85.2 Å². The number of carbonyl (C=O) groups excluding carboxylic acids is 1. The second-order valence-corrected chi connectivity index (χ2v) is 4.87. The number of H-pyrrole nitrogens is 1. The van der Waals surface area contributed by atoms with Crippen LogP contribution in [-0.2, 0) is 4.74 Å². The molecule has 0 bridgehead atoms. The first-order chi connectivity index (χ1) is 9.56. The number of ether oxygens (including phenoxy) is 1. The van der Waals surface area contributed by atoms with E-state index in [9.17, 15) is 9.59 Å². The van der Waals surface area contributed by atoms with Gasteiger partial charge in [-0.1, -0.05) is 34.1 Å². The molecule has 20 heavy (non-hydrogen) atoms.